The highest BCUT2D eigenvalue weighted by molar-refractivity contribution is 9.11. The first-order valence-corrected chi connectivity index (χ1v) is 7.42. The summed E-state index contributed by atoms with van der Waals surface area (Å²) in [7, 11) is 1.73. The average Bonchev–Trinajstić information content (AvgIpc) is 2.59. The molecule has 0 aliphatic carbocycles. The summed E-state index contributed by atoms with van der Waals surface area (Å²) >= 11 is 7.09. The number of hydrogen-bond acceptors (Lipinski definition) is 4. The predicted molar refractivity (Wildman–Crippen MR) is 72.7 cm³/mol. The highest BCUT2D eigenvalue weighted by Crippen LogP contribution is 2.37. The zero-order valence-electron chi connectivity index (χ0n) is 8.90. The number of thiophene rings is 1. The Kier molecular flexibility index (Phi) is 6.23. The molecule has 0 bridgehead atoms. The molecule has 0 amide bonds. The van der Waals surface area contributed by atoms with Crippen molar-refractivity contribution in [2.24, 2.45) is 5.73 Å². The molecule has 0 fully saturated rings. The largest absolute Gasteiger partial charge is 0.384 e. The van der Waals surface area contributed by atoms with Crippen LogP contribution in [0.5, 0.6) is 0 Å². The number of thioether (sulfide) groups is 1. The van der Waals surface area contributed by atoms with Crippen molar-refractivity contribution in [2.75, 3.05) is 19.5 Å². The van der Waals surface area contributed by atoms with Crippen molar-refractivity contribution in [3.05, 3.63) is 20.8 Å². The first-order chi connectivity index (χ1) is 7.15. The summed E-state index contributed by atoms with van der Waals surface area (Å²) in [6, 6.07) is 4.38. The lowest BCUT2D eigenvalue weighted by molar-refractivity contribution is 0.218. The molecule has 86 valence electrons. The third-order valence-corrected chi connectivity index (χ3v) is 5.24. The van der Waals surface area contributed by atoms with E-state index in [2.05, 4.69) is 35.0 Å². The van der Waals surface area contributed by atoms with E-state index in [4.69, 9.17) is 10.5 Å². The summed E-state index contributed by atoms with van der Waals surface area (Å²) in [6.07, 6.45) is 0. The Balaban J connectivity index is 2.58. The van der Waals surface area contributed by atoms with Crippen molar-refractivity contribution in [1.29, 1.82) is 0 Å². The fourth-order valence-corrected chi connectivity index (χ4v) is 4.17. The van der Waals surface area contributed by atoms with Crippen LogP contribution in [0.1, 0.15) is 17.1 Å². The molecule has 1 rings (SSSR count). The standard InChI is InChI=1S/C10H16BrNOS2/c1-7(12)10(14-6-5-13-2)8-3-4-9(11)15-8/h3-4,7,10H,5-6,12H2,1-2H3. The van der Waals surface area contributed by atoms with Gasteiger partial charge in [0, 0.05) is 23.8 Å². The number of methoxy groups -OCH3 is 1. The summed E-state index contributed by atoms with van der Waals surface area (Å²) in [4.78, 5) is 1.33. The van der Waals surface area contributed by atoms with Gasteiger partial charge in [-0.25, -0.2) is 0 Å². The van der Waals surface area contributed by atoms with Crippen LogP contribution in [0.3, 0.4) is 0 Å². The smallest absolute Gasteiger partial charge is 0.0701 e. The van der Waals surface area contributed by atoms with Crippen LogP contribution in [0, 0.1) is 0 Å². The summed E-state index contributed by atoms with van der Waals surface area (Å²) in [5.41, 5.74) is 5.99. The number of halogens is 1. The molecule has 2 atom stereocenters. The molecule has 2 unspecified atom stereocenters. The highest BCUT2D eigenvalue weighted by Gasteiger charge is 2.18. The topological polar surface area (TPSA) is 35.2 Å². The van der Waals surface area contributed by atoms with E-state index in [0.29, 0.717) is 5.25 Å². The van der Waals surface area contributed by atoms with Crippen molar-refractivity contribution >= 4 is 39.0 Å². The lowest BCUT2D eigenvalue weighted by Gasteiger charge is -2.18. The van der Waals surface area contributed by atoms with Crippen LogP contribution in [0.25, 0.3) is 0 Å². The molecular formula is C10H16BrNOS2. The lowest BCUT2D eigenvalue weighted by Crippen LogP contribution is -2.22. The minimum Gasteiger partial charge on any atom is -0.384 e. The molecule has 0 saturated heterocycles. The first-order valence-electron chi connectivity index (χ1n) is 4.76. The number of nitrogens with two attached hydrogens (primary N) is 1. The van der Waals surface area contributed by atoms with Crippen molar-refractivity contribution < 1.29 is 4.74 Å². The molecule has 1 aromatic heterocycles. The van der Waals surface area contributed by atoms with Crippen LogP contribution in [-0.4, -0.2) is 25.5 Å². The summed E-state index contributed by atoms with van der Waals surface area (Å²) in [5.74, 6) is 0.984. The van der Waals surface area contributed by atoms with Crippen molar-refractivity contribution in [3.8, 4) is 0 Å². The Morgan fingerprint density at radius 2 is 2.33 bits per heavy atom. The quantitative estimate of drug-likeness (QED) is 0.819. The maximum Gasteiger partial charge on any atom is 0.0701 e. The number of ether oxygens (including phenoxy) is 1. The highest BCUT2D eigenvalue weighted by atomic mass is 79.9. The number of rotatable bonds is 6. The second-order valence-corrected chi connectivity index (χ2v) is 7.03. The number of hydrogen-bond donors (Lipinski definition) is 1. The third-order valence-electron chi connectivity index (χ3n) is 1.94. The van der Waals surface area contributed by atoms with Crippen LogP contribution >= 0.6 is 39.0 Å². The van der Waals surface area contributed by atoms with Gasteiger partial charge in [0.25, 0.3) is 0 Å². The minimum absolute atomic E-state index is 0.164. The van der Waals surface area contributed by atoms with Crippen LogP contribution in [-0.2, 0) is 4.74 Å². The van der Waals surface area contributed by atoms with Gasteiger partial charge in [0.1, 0.15) is 0 Å². The molecular weight excluding hydrogens is 294 g/mol. The SMILES string of the molecule is COCCSC(c1ccc(Br)s1)C(C)N. The van der Waals surface area contributed by atoms with E-state index in [1.165, 1.54) is 4.88 Å². The monoisotopic (exact) mass is 309 g/mol. The molecule has 1 aromatic rings. The second-order valence-electron chi connectivity index (χ2n) is 3.29. The van der Waals surface area contributed by atoms with E-state index in [9.17, 15) is 0 Å². The molecule has 0 saturated carbocycles. The van der Waals surface area contributed by atoms with Gasteiger partial charge in [-0.1, -0.05) is 0 Å². The van der Waals surface area contributed by atoms with Gasteiger partial charge < -0.3 is 10.5 Å². The molecule has 1 heterocycles. The van der Waals surface area contributed by atoms with E-state index in [-0.39, 0.29) is 6.04 Å². The van der Waals surface area contributed by atoms with Crippen molar-refractivity contribution in [2.45, 2.75) is 18.2 Å². The Morgan fingerprint density at radius 1 is 1.60 bits per heavy atom. The fraction of sp³-hybridized carbons (Fsp3) is 0.600. The fourth-order valence-electron chi connectivity index (χ4n) is 1.23. The van der Waals surface area contributed by atoms with E-state index in [1.807, 2.05) is 11.8 Å². The van der Waals surface area contributed by atoms with Gasteiger partial charge in [0.05, 0.1) is 15.6 Å². The normalized spacial score (nSPS) is 15.2. The molecule has 2 N–H and O–H groups in total. The van der Waals surface area contributed by atoms with Gasteiger partial charge in [-0.15, -0.1) is 23.1 Å². The van der Waals surface area contributed by atoms with Crippen molar-refractivity contribution in [3.63, 3.8) is 0 Å². The van der Waals surface area contributed by atoms with Gasteiger partial charge in [0.2, 0.25) is 0 Å². The van der Waals surface area contributed by atoms with E-state index in [1.54, 1.807) is 18.4 Å². The van der Waals surface area contributed by atoms with Gasteiger partial charge >= 0.3 is 0 Å². The Bertz CT molecular complexity index is 291. The summed E-state index contributed by atoms with van der Waals surface area (Å²) < 4.78 is 6.21. The maximum absolute atomic E-state index is 5.99. The molecule has 5 heteroatoms. The molecule has 15 heavy (non-hydrogen) atoms. The molecule has 0 aliphatic heterocycles. The van der Waals surface area contributed by atoms with Gasteiger partial charge in [-0.3, -0.25) is 0 Å². The molecule has 0 aromatic carbocycles. The Hall–Kier alpha value is 0.450. The van der Waals surface area contributed by atoms with Crippen LogP contribution in [0.15, 0.2) is 15.9 Å². The van der Waals surface area contributed by atoms with E-state index < -0.39 is 0 Å². The van der Waals surface area contributed by atoms with E-state index in [0.717, 1.165) is 16.1 Å². The van der Waals surface area contributed by atoms with Gasteiger partial charge in [-0.2, -0.15) is 0 Å². The lowest BCUT2D eigenvalue weighted by atomic mass is 10.2. The first kappa shape index (κ1) is 13.5. The minimum atomic E-state index is 0.164. The van der Waals surface area contributed by atoms with Gasteiger partial charge in [0.15, 0.2) is 0 Å². The third kappa shape index (κ3) is 4.44. The predicted octanol–water partition coefficient (Wildman–Crippen LogP) is 3.28. The van der Waals surface area contributed by atoms with E-state index >= 15 is 0 Å². The van der Waals surface area contributed by atoms with Gasteiger partial charge in [-0.05, 0) is 35.0 Å². The average molecular weight is 310 g/mol. The Labute approximate surface area is 108 Å². The Morgan fingerprint density at radius 3 is 2.80 bits per heavy atom. The van der Waals surface area contributed by atoms with Crippen molar-refractivity contribution in [1.82, 2.24) is 0 Å². The molecule has 2 nitrogen and oxygen atoms in total. The zero-order chi connectivity index (χ0) is 11.3. The summed E-state index contributed by atoms with van der Waals surface area (Å²) in [6.45, 7) is 2.83. The molecule has 0 aliphatic rings. The van der Waals surface area contributed by atoms with Crippen LogP contribution in [0.4, 0.5) is 0 Å². The van der Waals surface area contributed by atoms with Crippen LogP contribution < -0.4 is 5.73 Å². The zero-order valence-corrected chi connectivity index (χ0v) is 12.1. The van der Waals surface area contributed by atoms with Crippen LogP contribution in [0.2, 0.25) is 0 Å². The molecule has 0 radical (unpaired) electrons. The second kappa shape index (κ2) is 6.91. The maximum atomic E-state index is 5.99. The molecule has 0 spiro atoms. The summed E-state index contributed by atoms with van der Waals surface area (Å²) in [5, 5.41) is 0.372.